The monoisotopic (exact) mass is 505 g/mol. The molecule has 0 unspecified atom stereocenters. The molecule has 0 amide bonds. The molecule has 1 heterocycles. The van der Waals surface area contributed by atoms with Crippen molar-refractivity contribution < 1.29 is 14.2 Å². The van der Waals surface area contributed by atoms with Gasteiger partial charge < -0.3 is 24.8 Å². The van der Waals surface area contributed by atoms with Crippen LogP contribution in [0.15, 0.2) is 28.6 Å². The molecule has 0 aliphatic carbocycles. The third-order valence-electron chi connectivity index (χ3n) is 3.87. The molecule has 2 aromatic rings. The summed E-state index contributed by atoms with van der Waals surface area (Å²) in [5, 5.41) is 8.75. The number of rotatable bonds is 8. The Kier molecular flexibility index (Phi) is 10.3. The molecule has 6 nitrogen and oxygen atoms in total. The second-order valence-corrected chi connectivity index (χ2v) is 6.61. The van der Waals surface area contributed by atoms with Crippen LogP contribution in [0.4, 0.5) is 0 Å². The topological polar surface area (TPSA) is 64.1 Å². The van der Waals surface area contributed by atoms with E-state index in [4.69, 9.17) is 14.2 Å². The zero-order chi connectivity index (χ0) is 18.9. The number of aryl methyl sites for hydroxylation is 1. The Morgan fingerprint density at radius 3 is 2.22 bits per heavy atom. The average Bonchev–Trinajstić information content (AvgIpc) is 3.07. The van der Waals surface area contributed by atoms with E-state index in [9.17, 15) is 0 Å². The van der Waals surface area contributed by atoms with Crippen molar-refractivity contribution in [3.63, 3.8) is 0 Å². The number of nitrogens with zero attached hydrogens (tertiary/aromatic N) is 1. The van der Waals surface area contributed by atoms with Crippen molar-refractivity contribution in [2.24, 2.45) is 4.99 Å². The van der Waals surface area contributed by atoms with Gasteiger partial charge in [0.15, 0.2) is 17.5 Å². The van der Waals surface area contributed by atoms with Gasteiger partial charge in [0.25, 0.3) is 0 Å². The maximum Gasteiger partial charge on any atom is 0.203 e. The van der Waals surface area contributed by atoms with Crippen molar-refractivity contribution in [3.05, 3.63) is 39.6 Å². The molecule has 1 aromatic heterocycles. The molecule has 8 heteroatoms. The SMILES string of the molecule is CCNC(=NCc1cc(OC)c(OC)c(OC)c1)NCc1sccc1C.I. The normalized spacial score (nSPS) is 10.8. The van der Waals surface area contributed by atoms with E-state index in [1.165, 1.54) is 10.4 Å². The van der Waals surface area contributed by atoms with Gasteiger partial charge in [-0.25, -0.2) is 4.99 Å². The molecule has 0 saturated heterocycles. The van der Waals surface area contributed by atoms with E-state index in [1.807, 2.05) is 19.1 Å². The second kappa shape index (κ2) is 11.9. The molecule has 0 saturated carbocycles. The minimum Gasteiger partial charge on any atom is -0.493 e. The van der Waals surface area contributed by atoms with Crippen LogP contribution in [0.5, 0.6) is 17.2 Å². The highest BCUT2D eigenvalue weighted by molar-refractivity contribution is 14.0. The third-order valence-corrected chi connectivity index (χ3v) is 4.90. The van der Waals surface area contributed by atoms with Gasteiger partial charge >= 0.3 is 0 Å². The highest BCUT2D eigenvalue weighted by Gasteiger charge is 2.13. The summed E-state index contributed by atoms with van der Waals surface area (Å²) >= 11 is 1.75. The Bertz CT molecular complexity index is 725. The van der Waals surface area contributed by atoms with Crippen molar-refractivity contribution in [2.45, 2.75) is 26.9 Å². The second-order valence-electron chi connectivity index (χ2n) is 5.61. The van der Waals surface area contributed by atoms with Gasteiger partial charge in [0.2, 0.25) is 5.75 Å². The first-order chi connectivity index (χ1) is 12.6. The van der Waals surface area contributed by atoms with Crippen LogP contribution in [0.2, 0.25) is 0 Å². The Hall–Kier alpha value is -1.68. The Balaban J connectivity index is 0.00000364. The predicted octanol–water partition coefficient (Wildman–Crippen LogP) is 3.96. The molecular formula is C19H28IN3O3S. The van der Waals surface area contributed by atoms with Crippen LogP contribution in [0.3, 0.4) is 0 Å². The standard InChI is InChI=1S/C19H27N3O3S.HI/c1-6-20-19(22-12-17-13(2)7-8-26-17)21-11-14-9-15(23-3)18(25-5)16(10-14)24-4;/h7-10H,6,11-12H2,1-5H3,(H2,20,21,22);1H. The highest BCUT2D eigenvalue weighted by Crippen LogP contribution is 2.38. The van der Waals surface area contributed by atoms with Crippen molar-refractivity contribution in [2.75, 3.05) is 27.9 Å². The highest BCUT2D eigenvalue weighted by atomic mass is 127. The fraction of sp³-hybridized carbons (Fsp3) is 0.421. The van der Waals surface area contributed by atoms with Crippen LogP contribution >= 0.6 is 35.3 Å². The van der Waals surface area contributed by atoms with Crippen molar-refractivity contribution >= 4 is 41.3 Å². The number of guanidine groups is 1. The Morgan fingerprint density at radius 1 is 1.07 bits per heavy atom. The van der Waals surface area contributed by atoms with Gasteiger partial charge in [-0.15, -0.1) is 35.3 Å². The lowest BCUT2D eigenvalue weighted by Gasteiger charge is -2.14. The summed E-state index contributed by atoms with van der Waals surface area (Å²) in [7, 11) is 4.82. The van der Waals surface area contributed by atoms with Crippen LogP contribution < -0.4 is 24.8 Å². The van der Waals surface area contributed by atoms with Crippen LogP contribution in [0.1, 0.15) is 22.9 Å². The van der Waals surface area contributed by atoms with Gasteiger partial charge in [-0.2, -0.15) is 0 Å². The molecule has 0 atom stereocenters. The van der Waals surface area contributed by atoms with Gasteiger partial charge in [0.05, 0.1) is 34.4 Å². The third kappa shape index (κ3) is 6.46. The van der Waals surface area contributed by atoms with Crippen molar-refractivity contribution in [3.8, 4) is 17.2 Å². The first-order valence-electron chi connectivity index (χ1n) is 8.46. The number of hydrogen-bond acceptors (Lipinski definition) is 5. The number of thiophene rings is 1. The number of ether oxygens (including phenoxy) is 3. The van der Waals surface area contributed by atoms with Crippen LogP contribution in [0.25, 0.3) is 0 Å². The molecule has 150 valence electrons. The minimum atomic E-state index is 0. The molecule has 0 spiro atoms. The van der Waals surface area contributed by atoms with E-state index in [-0.39, 0.29) is 24.0 Å². The summed E-state index contributed by atoms with van der Waals surface area (Å²) in [5.74, 6) is 2.61. The van der Waals surface area contributed by atoms with Crippen molar-refractivity contribution in [1.82, 2.24) is 10.6 Å². The van der Waals surface area contributed by atoms with Gasteiger partial charge in [-0.1, -0.05) is 0 Å². The van der Waals surface area contributed by atoms with Crippen LogP contribution in [-0.4, -0.2) is 33.8 Å². The number of nitrogens with one attached hydrogen (secondary N) is 2. The summed E-state index contributed by atoms with van der Waals surface area (Å²) < 4.78 is 16.2. The number of benzene rings is 1. The summed E-state index contributed by atoms with van der Waals surface area (Å²) in [6, 6.07) is 5.96. The van der Waals surface area contributed by atoms with E-state index >= 15 is 0 Å². The average molecular weight is 505 g/mol. The smallest absolute Gasteiger partial charge is 0.203 e. The largest absolute Gasteiger partial charge is 0.493 e. The van der Waals surface area contributed by atoms with Gasteiger partial charge in [0.1, 0.15) is 0 Å². The molecule has 0 fully saturated rings. The van der Waals surface area contributed by atoms with E-state index in [1.54, 1.807) is 32.7 Å². The van der Waals surface area contributed by atoms with Gasteiger partial charge in [0, 0.05) is 11.4 Å². The van der Waals surface area contributed by atoms with Crippen molar-refractivity contribution in [1.29, 1.82) is 0 Å². The molecule has 2 N–H and O–H groups in total. The Labute approximate surface area is 182 Å². The maximum atomic E-state index is 5.40. The molecule has 2 rings (SSSR count). The van der Waals surface area contributed by atoms with Crippen LogP contribution in [-0.2, 0) is 13.1 Å². The Morgan fingerprint density at radius 2 is 1.74 bits per heavy atom. The zero-order valence-corrected chi connectivity index (χ0v) is 19.6. The van der Waals surface area contributed by atoms with E-state index in [0.29, 0.717) is 23.8 Å². The minimum absolute atomic E-state index is 0. The van der Waals surface area contributed by atoms with E-state index in [0.717, 1.165) is 24.6 Å². The summed E-state index contributed by atoms with van der Waals surface area (Å²) in [5.41, 5.74) is 2.27. The lowest BCUT2D eigenvalue weighted by molar-refractivity contribution is 0.324. The van der Waals surface area contributed by atoms with Gasteiger partial charge in [-0.3, -0.25) is 0 Å². The number of halogens is 1. The van der Waals surface area contributed by atoms with Gasteiger partial charge in [-0.05, 0) is 48.6 Å². The first kappa shape index (κ1) is 23.4. The number of hydrogen-bond donors (Lipinski definition) is 2. The quantitative estimate of drug-likeness (QED) is 0.323. The summed E-state index contributed by atoms with van der Waals surface area (Å²) in [6.45, 7) is 6.21. The molecule has 0 bridgehead atoms. The molecule has 0 aliphatic heterocycles. The molecule has 1 aromatic carbocycles. The molecule has 0 aliphatic rings. The molecule has 0 radical (unpaired) electrons. The summed E-state index contributed by atoms with van der Waals surface area (Å²) in [6.07, 6.45) is 0. The molecular weight excluding hydrogens is 477 g/mol. The predicted molar refractivity (Wildman–Crippen MR) is 122 cm³/mol. The zero-order valence-electron chi connectivity index (χ0n) is 16.4. The maximum absolute atomic E-state index is 5.40. The van der Waals surface area contributed by atoms with E-state index < -0.39 is 0 Å². The molecule has 27 heavy (non-hydrogen) atoms. The van der Waals surface area contributed by atoms with Crippen LogP contribution in [0, 0.1) is 6.92 Å². The fourth-order valence-corrected chi connectivity index (χ4v) is 3.33. The lowest BCUT2D eigenvalue weighted by Crippen LogP contribution is -2.36. The first-order valence-corrected chi connectivity index (χ1v) is 9.34. The fourth-order valence-electron chi connectivity index (χ4n) is 2.49. The number of aliphatic imine (C=N–C) groups is 1. The summed E-state index contributed by atoms with van der Waals surface area (Å²) in [4.78, 5) is 5.97. The van der Waals surface area contributed by atoms with E-state index in [2.05, 4.69) is 34.0 Å². The lowest BCUT2D eigenvalue weighted by atomic mass is 10.2. The number of methoxy groups -OCH3 is 3.